The Labute approximate surface area is 174 Å². The highest BCUT2D eigenvalue weighted by Crippen LogP contribution is 2.31. The van der Waals surface area contributed by atoms with Gasteiger partial charge in [0.2, 0.25) is 0 Å². The van der Waals surface area contributed by atoms with Crippen LogP contribution < -0.4 is 0 Å². The molecule has 0 aliphatic heterocycles. The third-order valence-corrected chi connectivity index (χ3v) is 5.80. The molecule has 2 aromatic rings. The fourth-order valence-electron chi connectivity index (χ4n) is 3.42. The van der Waals surface area contributed by atoms with E-state index in [2.05, 4.69) is 18.8 Å². The quantitative estimate of drug-likeness (QED) is 0.318. The third kappa shape index (κ3) is 7.06. The van der Waals surface area contributed by atoms with Gasteiger partial charge in [0.05, 0.1) is 23.7 Å². The van der Waals surface area contributed by atoms with Crippen molar-refractivity contribution in [2.45, 2.75) is 50.0 Å². The Hall–Kier alpha value is -2.03. The van der Waals surface area contributed by atoms with Crippen LogP contribution in [0.5, 0.6) is 0 Å². The number of imidazole rings is 1. The summed E-state index contributed by atoms with van der Waals surface area (Å²) in [5.74, 6) is -0.405. The average molecular weight is 423 g/mol. The highest BCUT2D eigenvalue weighted by atomic mass is 32.2. The van der Waals surface area contributed by atoms with Gasteiger partial charge in [-0.3, -0.25) is 4.79 Å². The molecule has 1 N–H and O–H groups in total. The van der Waals surface area contributed by atoms with E-state index in [1.807, 2.05) is 22.9 Å². The van der Waals surface area contributed by atoms with E-state index in [1.165, 1.54) is 0 Å². The number of carbonyl (C=O) groups excluding carboxylic acids is 1. The highest BCUT2D eigenvalue weighted by molar-refractivity contribution is 7.79. The van der Waals surface area contributed by atoms with Gasteiger partial charge in [0, 0.05) is 25.5 Å². The summed E-state index contributed by atoms with van der Waals surface area (Å²) in [6, 6.07) is 7.13. The van der Waals surface area contributed by atoms with Gasteiger partial charge in [-0.2, -0.15) is 0 Å². The van der Waals surface area contributed by atoms with E-state index in [1.54, 1.807) is 31.8 Å². The first kappa shape index (κ1) is 23.3. The smallest absolute Gasteiger partial charge is 0.309 e. The van der Waals surface area contributed by atoms with Crippen molar-refractivity contribution in [1.82, 2.24) is 9.55 Å². The van der Waals surface area contributed by atoms with E-state index >= 15 is 0 Å². The van der Waals surface area contributed by atoms with Crippen molar-refractivity contribution >= 4 is 17.0 Å². The van der Waals surface area contributed by atoms with Crippen molar-refractivity contribution in [3.05, 3.63) is 48.5 Å². The highest BCUT2D eigenvalue weighted by Gasteiger charge is 2.27. The molecule has 29 heavy (non-hydrogen) atoms. The van der Waals surface area contributed by atoms with E-state index in [9.17, 15) is 13.6 Å². The van der Waals surface area contributed by atoms with Gasteiger partial charge in [0.15, 0.2) is 11.1 Å². The van der Waals surface area contributed by atoms with Crippen LogP contribution in [-0.4, -0.2) is 44.6 Å². The van der Waals surface area contributed by atoms with Gasteiger partial charge in [-0.05, 0) is 42.9 Å². The fraction of sp³-hybridized carbons (Fsp3) is 0.524. The molecule has 0 aliphatic rings. The van der Waals surface area contributed by atoms with E-state index in [0.29, 0.717) is 24.3 Å². The molecule has 0 saturated heterocycles. The summed E-state index contributed by atoms with van der Waals surface area (Å²) in [5, 5.41) is 0. The van der Waals surface area contributed by atoms with Crippen molar-refractivity contribution in [2.75, 3.05) is 20.3 Å². The topological polar surface area (TPSA) is 90.6 Å². The fourth-order valence-corrected chi connectivity index (χ4v) is 3.79. The summed E-state index contributed by atoms with van der Waals surface area (Å²) in [5.41, 5.74) is 1.02. The van der Waals surface area contributed by atoms with Crippen molar-refractivity contribution in [2.24, 2.45) is 5.92 Å². The maximum Gasteiger partial charge on any atom is 0.309 e. The lowest BCUT2D eigenvalue weighted by Crippen LogP contribution is -2.25. The van der Waals surface area contributed by atoms with E-state index in [0.717, 1.165) is 12.0 Å². The van der Waals surface area contributed by atoms with Crippen molar-refractivity contribution in [1.29, 1.82) is 0 Å². The summed E-state index contributed by atoms with van der Waals surface area (Å²) in [6.07, 6.45) is 7.59. The second kappa shape index (κ2) is 11.8. The molecule has 0 fully saturated rings. The Morgan fingerprint density at radius 3 is 2.52 bits per heavy atom. The van der Waals surface area contributed by atoms with Crippen LogP contribution in [0.1, 0.15) is 50.6 Å². The number of methoxy groups -OCH3 is 1. The zero-order chi connectivity index (χ0) is 21.2. The summed E-state index contributed by atoms with van der Waals surface area (Å²) in [6.45, 7) is 4.75. The number of benzene rings is 1. The Morgan fingerprint density at radius 1 is 1.24 bits per heavy atom. The summed E-state index contributed by atoms with van der Waals surface area (Å²) in [4.78, 5) is 17.3. The van der Waals surface area contributed by atoms with Crippen LogP contribution in [0.25, 0.3) is 0 Å². The molecule has 2 rings (SSSR count). The minimum atomic E-state index is -1.99. The van der Waals surface area contributed by atoms with Gasteiger partial charge in [-0.25, -0.2) is 9.19 Å². The maximum absolute atomic E-state index is 12.8. The number of rotatable bonds is 12. The normalized spacial score (nSPS) is 15.4. The van der Waals surface area contributed by atoms with Crippen LogP contribution in [0, 0.1) is 5.92 Å². The van der Waals surface area contributed by atoms with Crippen molar-refractivity contribution < 1.29 is 23.0 Å². The molecule has 160 valence electrons. The van der Waals surface area contributed by atoms with Gasteiger partial charge in [-0.15, -0.1) is 0 Å². The van der Waals surface area contributed by atoms with Gasteiger partial charge in [0.1, 0.15) is 6.61 Å². The Morgan fingerprint density at radius 2 is 1.97 bits per heavy atom. The van der Waals surface area contributed by atoms with E-state index in [-0.39, 0.29) is 30.5 Å². The second-order valence-electron chi connectivity index (χ2n) is 7.12. The van der Waals surface area contributed by atoms with E-state index in [4.69, 9.17) is 9.47 Å². The van der Waals surface area contributed by atoms with Gasteiger partial charge >= 0.3 is 5.97 Å². The molecule has 0 radical (unpaired) electrons. The number of ether oxygens (including phenoxy) is 2. The molecule has 0 amide bonds. The molecule has 0 bridgehead atoms. The van der Waals surface area contributed by atoms with E-state index < -0.39 is 11.1 Å². The summed E-state index contributed by atoms with van der Waals surface area (Å²) < 4.78 is 32.8. The monoisotopic (exact) mass is 422 g/mol. The van der Waals surface area contributed by atoms with Gasteiger partial charge in [-0.1, -0.05) is 26.0 Å². The first-order chi connectivity index (χ1) is 14.0. The molecule has 1 heterocycles. The SMILES string of the molecule is CCC(CC(CC(C)c1ccc(S(=O)O)cc1)C(=O)OCCOC)n1ccnc1. The van der Waals surface area contributed by atoms with Crippen molar-refractivity contribution in [3.63, 3.8) is 0 Å². The number of aromatic nitrogens is 2. The molecule has 4 atom stereocenters. The van der Waals surface area contributed by atoms with Crippen LogP contribution in [0.4, 0.5) is 0 Å². The molecular weight excluding hydrogens is 392 g/mol. The first-order valence-corrected chi connectivity index (χ1v) is 10.9. The molecule has 7 nitrogen and oxygen atoms in total. The zero-order valence-electron chi connectivity index (χ0n) is 17.2. The number of nitrogens with zero attached hydrogens (tertiary/aromatic N) is 2. The van der Waals surface area contributed by atoms with Gasteiger partial charge in [0.25, 0.3) is 0 Å². The van der Waals surface area contributed by atoms with Crippen LogP contribution in [0.2, 0.25) is 0 Å². The zero-order valence-corrected chi connectivity index (χ0v) is 18.0. The Kier molecular flexibility index (Phi) is 9.50. The molecular formula is C21H30N2O5S. The van der Waals surface area contributed by atoms with Crippen LogP contribution >= 0.6 is 0 Å². The Balaban J connectivity index is 2.12. The molecule has 0 saturated carbocycles. The molecule has 1 aromatic carbocycles. The minimum absolute atomic E-state index is 0.0939. The molecule has 0 spiro atoms. The molecule has 0 aliphatic carbocycles. The molecule has 1 aromatic heterocycles. The largest absolute Gasteiger partial charge is 0.463 e. The number of hydrogen-bond acceptors (Lipinski definition) is 5. The predicted molar refractivity (Wildman–Crippen MR) is 111 cm³/mol. The predicted octanol–water partition coefficient (Wildman–Crippen LogP) is 3.80. The number of carbonyl (C=O) groups is 1. The second-order valence-corrected chi connectivity index (χ2v) is 8.09. The number of esters is 1. The minimum Gasteiger partial charge on any atom is -0.463 e. The standard InChI is InChI=1S/C21H30N2O5S/c1-4-19(23-10-9-22-15-23)14-18(21(24)28-12-11-27-3)13-16(2)17-5-7-20(8-6-17)29(25)26/h5-10,15-16,18-19H,4,11-14H2,1-3H3,(H,25,26). The maximum atomic E-state index is 12.8. The van der Waals surface area contributed by atoms with Crippen LogP contribution in [0.15, 0.2) is 47.9 Å². The molecule has 4 unspecified atom stereocenters. The Bertz CT molecular complexity index is 764. The summed E-state index contributed by atoms with van der Waals surface area (Å²) >= 11 is -1.99. The van der Waals surface area contributed by atoms with Crippen molar-refractivity contribution in [3.8, 4) is 0 Å². The third-order valence-electron chi connectivity index (χ3n) is 5.13. The summed E-state index contributed by atoms with van der Waals surface area (Å²) in [7, 11) is 1.57. The van der Waals surface area contributed by atoms with Crippen LogP contribution in [0.3, 0.4) is 0 Å². The van der Waals surface area contributed by atoms with Crippen LogP contribution in [-0.2, 0) is 25.3 Å². The lowest BCUT2D eigenvalue weighted by Gasteiger charge is -2.25. The molecule has 8 heteroatoms. The lowest BCUT2D eigenvalue weighted by molar-refractivity contribution is -0.150. The average Bonchev–Trinajstić information content (AvgIpc) is 3.25. The lowest BCUT2D eigenvalue weighted by atomic mass is 9.86. The number of hydrogen-bond donors (Lipinski definition) is 1. The first-order valence-electron chi connectivity index (χ1n) is 9.80. The van der Waals surface area contributed by atoms with Gasteiger partial charge < -0.3 is 18.6 Å².